The topological polar surface area (TPSA) is 92.8 Å². The molecule has 3 rings (SSSR count). The van der Waals surface area contributed by atoms with Gasteiger partial charge in [0.05, 0.1) is 4.88 Å². The van der Waals surface area contributed by atoms with Crippen LogP contribution < -0.4 is 15.8 Å². The molecule has 28 heavy (non-hydrogen) atoms. The molecule has 1 aromatic heterocycles. The molecule has 1 fully saturated rings. The lowest BCUT2D eigenvalue weighted by Gasteiger charge is -2.19. The van der Waals surface area contributed by atoms with Crippen LogP contribution >= 0.6 is 11.3 Å². The Balaban J connectivity index is 1.64. The first-order chi connectivity index (χ1) is 13.4. The average molecular weight is 405 g/mol. The molecule has 1 amide bonds. The van der Waals surface area contributed by atoms with Crippen molar-refractivity contribution in [2.45, 2.75) is 39.0 Å². The summed E-state index contributed by atoms with van der Waals surface area (Å²) < 4.78 is 20.2. The minimum atomic E-state index is -0.535. The maximum atomic E-state index is 14.1. The van der Waals surface area contributed by atoms with E-state index in [1.54, 1.807) is 19.3 Å². The van der Waals surface area contributed by atoms with Crippen LogP contribution in [0.15, 0.2) is 23.2 Å². The van der Waals surface area contributed by atoms with Crippen LogP contribution in [-0.4, -0.2) is 47.7 Å². The maximum Gasteiger partial charge on any atom is 0.230 e. The van der Waals surface area contributed by atoms with Gasteiger partial charge in [0.2, 0.25) is 11.9 Å². The molecule has 0 saturated carbocycles. The van der Waals surface area contributed by atoms with Crippen LogP contribution in [0.3, 0.4) is 0 Å². The molecule has 1 aliphatic heterocycles. The first-order valence-corrected chi connectivity index (χ1v) is 9.82. The van der Waals surface area contributed by atoms with E-state index in [1.807, 2.05) is 12.1 Å². The van der Waals surface area contributed by atoms with Gasteiger partial charge < -0.3 is 15.8 Å². The number of thiazole rings is 1. The predicted molar refractivity (Wildman–Crippen MR) is 110 cm³/mol. The summed E-state index contributed by atoms with van der Waals surface area (Å²) in [6.45, 7) is 4.57. The molecule has 1 saturated heterocycles. The number of nitrogen functional groups attached to an aromatic ring is 1. The van der Waals surface area contributed by atoms with Crippen molar-refractivity contribution in [3.63, 3.8) is 0 Å². The van der Waals surface area contributed by atoms with Gasteiger partial charge in [0, 0.05) is 57.0 Å². The highest BCUT2D eigenvalue weighted by atomic mass is 32.1. The zero-order valence-electron chi connectivity index (χ0n) is 16.1. The molecule has 0 spiro atoms. The summed E-state index contributed by atoms with van der Waals surface area (Å²) in [6.07, 6.45) is 2.53. The van der Waals surface area contributed by atoms with Crippen molar-refractivity contribution in [1.82, 2.24) is 9.88 Å². The van der Waals surface area contributed by atoms with Crippen LogP contribution in [-0.2, 0) is 11.3 Å². The zero-order chi connectivity index (χ0) is 20.3. The van der Waals surface area contributed by atoms with Gasteiger partial charge in [0.15, 0.2) is 5.13 Å². The molecule has 7 nitrogen and oxygen atoms in total. The first kappa shape index (κ1) is 20.2. The van der Waals surface area contributed by atoms with E-state index in [4.69, 9.17) is 10.5 Å². The lowest BCUT2D eigenvalue weighted by Crippen LogP contribution is -2.28. The Morgan fingerprint density at radius 2 is 2.36 bits per heavy atom. The normalized spacial score (nSPS) is 20.0. The molecule has 150 valence electrons. The Kier molecular flexibility index (Phi) is 6.25. The molecule has 9 heteroatoms. The fourth-order valence-corrected chi connectivity index (χ4v) is 4.15. The third-order valence-corrected chi connectivity index (χ3v) is 5.50. The second kappa shape index (κ2) is 8.66. The average Bonchev–Trinajstić information content (AvgIpc) is 3.13. The number of rotatable bonds is 6. The van der Waals surface area contributed by atoms with E-state index in [0.717, 1.165) is 29.1 Å². The SMILES string of the molecule is CN=Cc1cc(OC2CC(C)N(Cc3sc(NC(C)=O)nc3F)C2)ccc1N. The van der Waals surface area contributed by atoms with E-state index in [-0.39, 0.29) is 23.2 Å². The number of nitrogens with one attached hydrogen (secondary N) is 1. The van der Waals surface area contributed by atoms with Crippen molar-refractivity contribution in [3.05, 3.63) is 34.6 Å². The lowest BCUT2D eigenvalue weighted by atomic mass is 10.2. The molecule has 2 atom stereocenters. The monoisotopic (exact) mass is 405 g/mol. The van der Waals surface area contributed by atoms with E-state index in [2.05, 4.69) is 27.1 Å². The van der Waals surface area contributed by atoms with E-state index in [1.165, 1.54) is 6.92 Å². The molecule has 2 unspecified atom stereocenters. The Morgan fingerprint density at radius 3 is 3.07 bits per heavy atom. The molecule has 3 N–H and O–H groups in total. The summed E-state index contributed by atoms with van der Waals surface area (Å²) >= 11 is 1.16. The number of nitrogens with zero attached hydrogens (tertiary/aromatic N) is 3. The van der Waals surface area contributed by atoms with Crippen LogP contribution in [0.1, 0.15) is 30.7 Å². The fourth-order valence-electron chi connectivity index (χ4n) is 3.24. The number of carbonyl (C=O) groups is 1. The van der Waals surface area contributed by atoms with E-state index >= 15 is 0 Å². The Bertz CT molecular complexity index is 885. The van der Waals surface area contributed by atoms with Crippen molar-refractivity contribution in [2.24, 2.45) is 4.99 Å². The molecule has 1 aliphatic rings. The first-order valence-electron chi connectivity index (χ1n) is 9.01. The number of carbonyl (C=O) groups excluding carboxylic acids is 1. The molecule has 2 aromatic rings. The quantitative estimate of drug-likeness (QED) is 0.569. The fraction of sp³-hybridized carbons (Fsp3) is 0.421. The highest BCUT2D eigenvalue weighted by molar-refractivity contribution is 7.15. The summed E-state index contributed by atoms with van der Waals surface area (Å²) in [7, 11) is 1.69. The standard InChI is InChI=1S/C19H24FN5O2S/c1-11-6-15(27-14-4-5-16(21)13(7-14)8-22-3)9-25(11)10-17-18(20)24-19(28-17)23-12(2)26/h4-5,7-8,11,15H,6,9-10,21H2,1-3H3,(H,23,24,26). The van der Waals surface area contributed by atoms with Gasteiger partial charge in [-0.2, -0.15) is 9.37 Å². The van der Waals surface area contributed by atoms with Crippen molar-refractivity contribution in [1.29, 1.82) is 0 Å². The van der Waals surface area contributed by atoms with Gasteiger partial charge in [-0.25, -0.2) is 0 Å². The number of aromatic nitrogens is 1. The van der Waals surface area contributed by atoms with Crippen LogP contribution in [0.4, 0.5) is 15.2 Å². The Hall–Kier alpha value is -2.52. The maximum absolute atomic E-state index is 14.1. The van der Waals surface area contributed by atoms with Gasteiger partial charge in [-0.1, -0.05) is 11.3 Å². The Labute approximate surface area is 167 Å². The summed E-state index contributed by atoms with van der Waals surface area (Å²) in [5.74, 6) is -0.0632. The number of hydrogen-bond acceptors (Lipinski definition) is 7. The van der Waals surface area contributed by atoms with Crippen molar-refractivity contribution >= 4 is 34.3 Å². The number of halogens is 1. The summed E-state index contributed by atoms with van der Waals surface area (Å²) in [4.78, 5) is 21.6. The third-order valence-electron chi connectivity index (χ3n) is 4.57. The van der Waals surface area contributed by atoms with Gasteiger partial charge >= 0.3 is 0 Å². The second-order valence-corrected chi connectivity index (χ2v) is 7.93. The number of ether oxygens (including phenoxy) is 1. The minimum absolute atomic E-state index is 0.00385. The van der Waals surface area contributed by atoms with Gasteiger partial charge in [-0.15, -0.1) is 0 Å². The largest absolute Gasteiger partial charge is 0.489 e. The number of hydrogen-bond donors (Lipinski definition) is 2. The van der Waals surface area contributed by atoms with Crippen molar-refractivity contribution < 1.29 is 13.9 Å². The highest BCUT2D eigenvalue weighted by Gasteiger charge is 2.31. The minimum Gasteiger partial charge on any atom is -0.489 e. The van der Waals surface area contributed by atoms with Crippen molar-refractivity contribution in [2.75, 3.05) is 24.6 Å². The van der Waals surface area contributed by atoms with Gasteiger partial charge in [-0.3, -0.25) is 14.7 Å². The predicted octanol–water partition coefficient (Wildman–Crippen LogP) is 2.91. The van der Waals surface area contributed by atoms with Crippen LogP contribution in [0, 0.1) is 5.95 Å². The molecular formula is C19H24FN5O2S. The number of aliphatic imine (C=N–C) groups is 1. The number of amides is 1. The van der Waals surface area contributed by atoms with Crippen LogP contribution in [0.5, 0.6) is 5.75 Å². The third kappa shape index (κ3) is 4.85. The molecule has 0 radical (unpaired) electrons. The van der Waals surface area contributed by atoms with Crippen LogP contribution in [0.25, 0.3) is 0 Å². The summed E-state index contributed by atoms with van der Waals surface area (Å²) in [6, 6.07) is 5.76. The summed E-state index contributed by atoms with van der Waals surface area (Å²) in [5, 5.41) is 2.81. The van der Waals surface area contributed by atoms with E-state index in [9.17, 15) is 9.18 Å². The molecule has 2 heterocycles. The van der Waals surface area contributed by atoms with Crippen LogP contribution in [0.2, 0.25) is 0 Å². The molecular weight excluding hydrogens is 381 g/mol. The number of likely N-dealkylation sites (tertiary alicyclic amines) is 1. The smallest absolute Gasteiger partial charge is 0.230 e. The highest BCUT2D eigenvalue weighted by Crippen LogP contribution is 2.29. The molecule has 0 bridgehead atoms. The zero-order valence-corrected chi connectivity index (χ0v) is 16.9. The molecule has 0 aliphatic carbocycles. The number of anilines is 2. The second-order valence-electron chi connectivity index (χ2n) is 6.85. The summed E-state index contributed by atoms with van der Waals surface area (Å²) in [5.41, 5.74) is 7.41. The Morgan fingerprint density at radius 1 is 1.57 bits per heavy atom. The van der Waals surface area contributed by atoms with Gasteiger partial charge in [-0.05, 0) is 25.1 Å². The number of benzene rings is 1. The molecule has 1 aromatic carbocycles. The number of nitrogens with two attached hydrogens (primary N) is 1. The van der Waals surface area contributed by atoms with E-state index in [0.29, 0.717) is 23.7 Å². The van der Waals surface area contributed by atoms with Gasteiger partial charge in [0.1, 0.15) is 11.9 Å². The van der Waals surface area contributed by atoms with Gasteiger partial charge in [0.25, 0.3) is 0 Å². The lowest BCUT2D eigenvalue weighted by molar-refractivity contribution is -0.114. The van der Waals surface area contributed by atoms with E-state index < -0.39 is 5.95 Å². The van der Waals surface area contributed by atoms with Crippen molar-refractivity contribution in [3.8, 4) is 5.75 Å².